The molecule has 158 valence electrons. The Kier molecular flexibility index (Phi) is 4.25. The van der Waals surface area contributed by atoms with Crippen LogP contribution in [0, 0.1) is 0 Å². The predicted octanol–water partition coefficient (Wildman–Crippen LogP) is 3.14. The minimum atomic E-state index is -0.811. The van der Waals surface area contributed by atoms with Crippen molar-refractivity contribution in [2.45, 2.75) is 55.8 Å². The lowest BCUT2D eigenvalue weighted by Gasteiger charge is -2.44. The minimum absolute atomic E-state index is 0.341. The second-order valence-electron chi connectivity index (χ2n) is 9.07. The fourth-order valence-electron chi connectivity index (χ4n) is 6.50. The van der Waals surface area contributed by atoms with Crippen LogP contribution in [-0.2, 0) is 11.3 Å². The van der Waals surface area contributed by atoms with E-state index in [9.17, 15) is 9.90 Å². The van der Waals surface area contributed by atoms with Crippen LogP contribution in [0.4, 0.5) is 0 Å². The quantitative estimate of drug-likeness (QED) is 0.742. The maximum absolute atomic E-state index is 12.5. The van der Waals surface area contributed by atoms with Crippen molar-refractivity contribution in [2.24, 2.45) is 0 Å². The van der Waals surface area contributed by atoms with Crippen molar-refractivity contribution in [3.05, 3.63) is 59.9 Å². The van der Waals surface area contributed by atoms with E-state index >= 15 is 0 Å². The monoisotopic (exact) mass is 407 g/mol. The fraction of sp³-hybridized carbons (Fsp3) is 0.500. The number of ether oxygens (including phenoxy) is 1. The third-order valence-electron chi connectivity index (χ3n) is 8.25. The molecule has 6 heteroatoms. The smallest absolute Gasteiger partial charge is 0.328 e. The van der Waals surface area contributed by atoms with Gasteiger partial charge in [0, 0.05) is 12.7 Å². The van der Waals surface area contributed by atoms with Crippen LogP contribution < -0.4 is 4.74 Å². The van der Waals surface area contributed by atoms with Gasteiger partial charge in [-0.2, -0.15) is 0 Å². The van der Waals surface area contributed by atoms with E-state index in [0.29, 0.717) is 12.5 Å². The van der Waals surface area contributed by atoms with Gasteiger partial charge in [0.15, 0.2) is 5.54 Å². The first-order valence-electron chi connectivity index (χ1n) is 10.7. The van der Waals surface area contributed by atoms with Crippen molar-refractivity contribution in [2.75, 3.05) is 20.2 Å². The number of para-hydroxylation sites is 1. The molecule has 1 N–H and O–H groups in total. The first-order chi connectivity index (χ1) is 14.4. The summed E-state index contributed by atoms with van der Waals surface area (Å²) >= 11 is 0. The molecule has 1 aromatic carbocycles. The highest BCUT2D eigenvalue weighted by Gasteiger charge is 3.06. The van der Waals surface area contributed by atoms with E-state index in [2.05, 4.69) is 40.8 Å². The van der Waals surface area contributed by atoms with Gasteiger partial charge < -0.3 is 9.84 Å². The van der Waals surface area contributed by atoms with Crippen molar-refractivity contribution in [3.63, 3.8) is 0 Å². The summed E-state index contributed by atoms with van der Waals surface area (Å²) in [6.07, 6.45) is 3.80. The molecule has 0 spiro atoms. The molecule has 1 aromatic heterocycles. The molecule has 2 aromatic rings. The summed E-state index contributed by atoms with van der Waals surface area (Å²) < 4.78 is 5.56. The normalized spacial score (nSPS) is 35.5. The van der Waals surface area contributed by atoms with Gasteiger partial charge in [0.05, 0.1) is 23.9 Å². The standard InChI is InChI=1S/C24H29N3O3/c1-22(26-14-11-17(12-15-26)19-9-4-5-10-20(19)30-3)23(2)24(22,21(28)29)27(23)16-18-8-6-7-13-25-18/h4-10,13,17H,11-12,14-16H2,1-3H3,(H,28,29). The average Bonchev–Trinajstić information content (AvgIpc) is 3.53. The number of piperidine rings is 1. The zero-order valence-corrected chi connectivity index (χ0v) is 17.8. The highest BCUT2D eigenvalue weighted by molar-refractivity contribution is 5.98. The number of benzene rings is 1. The second kappa shape index (κ2) is 6.53. The van der Waals surface area contributed by atoms with E-state index in [-0.39, 0.29) is 11.1 Å². The van der Waals surface area contributed by atoms with Gasteiger partial charge in [-0.15, -0.1) is 0 Å². The zero-order chi connectivity index (χ0) is 21.1. The molecule has 0 amide bonds. The third kappa shape index (κ3) is 2.21. The first kappa shape index (κ1) is 19.5. The van der Waals surface area contributed by atoms with Crippen molar-refractivity contribution < 1.29 is 14.6 Å². The van der Waals surface area contributed by atoms with E-state index in [1.165, 1.54) is 5.56 Å². The van der Waals surface area contributed by atoms with Crippen molar-refractivity contribution in [3.8, 4) is 5.75 Å². The Morgan fingerprint density at radius 3 is 2.43 bits per heavy atom. The Bertz CT molecular complexity index is 975. The number of hydrogen-bond donors (Lipinski definition) is 1. The average molecular weight is 408 g/mol. The summed E-state index contributed by atoms with van der Waals surface area (Å²) in [6, 6.07) is 14.1. The second-order valence-corrected chi connectivity index (χ2v) is 9.07. The molecule has 4 atom stereocenters. The topological polar surface area (TPSA) is 65.7 Å². The number of pyridine rings is 1. The Morgan fingerprint density at radius 1 is 1.13 bits per heavy atom. The van der Waals surface area contributed by atoms with E-state index in [4.69, 9.17) is 4.74 Å². The van der Waals surface area contributed by atoms with E-state index < -0.39 is 11.5 Å². The number of rotatable bonds is 6. The highest BCUT2D eigenvalue weighted by atomic mass is 16.5. The molecule has 1 aliphatic carbocycles. The van der Waals surface area contributed by atoms with Gasteiger partial charge in [-0.1, -0.05) is 24.3 Å². The maximum Gasteiger partial charge on any atom is 0.328 e. The summed E-state index contributed by atoms with van der Waals surface area (Å²) in [5.74, 6) is 0.691. The number of aromatic nitrogens is 1. The van der Waals surface area contributed by atoms with Crippen LogP contribution in [-0.4, -0.2) is 62.7 Å². The molecular formula is C24H29N3O3. The lowest BCUT2D eigenvalue weighted by atomic mass is 9.87. The summed E-state index contributed by atoms with van der Waals surface area (Å²) in [6.45, 7) is 6.63. The number of hydrogen-bond acceptors (Lipinski definition) is 5. The van der Waals surface area contributed by atoms with Gasteiger partial charge in [-0.05, 0) is 69.5 Å². The van der Waals surface area contributed by atoms with E-state index in [1.54, 1.807) is 13.3 Å². The molecule has 2 saturated heterocycles. The van der Waals surface area contributed by atoms with E-state index in [1.807, 2.05) is 30.3 Å². The van der Waals surface area contributed by atoms with Gasteiger partial charge in [0.25, 0.3) is 0 Å². The van der Waals surface area contributed by atoms with Crippen LogP contribution in [0.5, 0.6) is 5.75 Å². The summed E-state index contributed by atoms with van der Waals surface area (Å²) in [5.41, 5.74) is 0.687. The molecule has 5 rings (SSSR count). The van der Waals surface area contributed by atoms with Crippen LogP contribution in [0.25, 0.3) is 0 Å². The molecular weight excluding hydrogens is 378 g/mol. The van der Waals surface area contributed by atoms with Crippen molar-refractivity contribution >= 4 is 5.97 Å². The maximum atomic E-state index is 12.5. The number of aliphatic carboxylic acids is 1. The largest absolute Gasteiger partial charge is 0.496 e. The fourth-order valence-corrected chi connectivity index (χ4v) is 6.50. The number of carbonyl (C=O) groups is 1. The summed E-state index contributed by atoms with van der Waals surface area (Å²) in [7, 11) is 1.72. The number of methoxy groups -OCH3 is 1. The lowest BCUT2D eigenvalue weighted by Crippen LogP contribution is -2.58. The van der Waals surface area contributed by atoms with Crippen LogP contribution >= 0.6 is 0 Å². The predicted molar refractivity (Wildman–Crippen MR) is 113 cm³/mol. The van der Waals surface area contributed by atoms with Gasteiger partial charge >= 0.3 is 5.97 Å². The number of carboxylic acids is 1. The van der Waals surface area contributed by atoms with Gasteiger partial charge in [0.1, 0.15) is 5.75 Å². The number of likely N-dealkylation sites (tertiary alicyclic amines) is 2. The van der Waals surface area contributed by atoms with Gasteiger partial charge in [-0.25, -0.2) is 0 Å². The lowest BCUT2D eigenvalue weighted by molar-refractivity contribution is -0.143. The van der Waals surface area contributed by atoms with Gasteiger partial charge in [0.2, 0.25) is 0 Å². The van der Waals surface area contributed by atoms with Gasteiger partial charge in [-0.3, -0.25) is 19.6 Å². The first-order valence-corrected chi connectivity index (χ1v) is 10.7. The van der Waals surface area contributed by atoms with Crippen LogP contribution in [0.1, 0.15) is 43.9 Å². The molecule has 0 bridgehead atoms. The van der Waals surface area contributed by atoms with Crippen LogP contribution in [0.15, 0.2) is 48.7 Å². The molecule has 3 fully saturated rings. The molecule has 0 radical (unpaired) electrons. The Hall–Kier alpha value is -2.44. The molecule has 3 aliphatic rings. The molecule has 2 aliphatic heterocycles. The highest BCUT2D eigenvalue weighted by Crippen LogP contribution is 2.82. The van der Waals surface area contributed by atoms with E-state index in [0.717, 1.165) is 37.4 Å². The third-order valence-corrected chi connectivity index (χ3v) is 8.25. The number of nitrogens with zero attached hydrogens (tertiary/aromatic N) is 3. The summed E-state index contributed by atoms with van der Waals surface area (Å²) in [4.78, 5) is 21.4. The Balaban J connectivity index is 1.32. The summed E-state index contributed by atoms with van der Waals surface area (Å²) in [5, 5.41) is 10.2. The van der Waals surface area contributed by atoms with Crippen LogP contribution in [0.2, 0.25) is 0 Å². The number of carboxylic acid groups (broad SMARTS) is 1. The molecule has 6 nitrogen and oxygen atoms in total. The minimum Gasteiger partial charge on any atom is -0.496 e. The Morgan fingerprint density at radius 2 is 1.83 bits per heavy atom. The van der Waals surface area contributed by atoms with Crippen molar-refractivity contribution in [1.82, 2.24) is 14.8 Å². The SMILES string of the molecule is COc1ccccc1C1CCN(C2(C)C3(C)N(Cc4ccccn4)C23C(=O)O)CC1. The number of fused-ring (bicyclic) bond motifs is 1. The van der Waals surface area contributed by atoms with Crippen molar-refractivity contribution in [1.29, 1.82) is 0 Å². The molecule has 4 unspecified atom stereocenters. The van der Waals surface area contributed by atoms with Crippen LogP contribution in [0.3, 0.4) is 0 Å². The molecule has 3 heterocycles. The Labute approximate surface area is 177 Å². The molecule has 30 heavy (non-hydrogen) atoms. The zero-order valence-electron chi connectivity index (χ0n) is 17.8. The molecule has 1 saturated carbocycles.